The number of benzene rings is 2. The van der Waals surface area contributed by atoms with Gasteiger partial charge < -0.3 is 23.7 Å². The number of hydrogen-bond donors (Lipinski definition) is 0. The summed E-state index contributed by atoms with van der Waals surface area (Å²) < 4.78 is 27.0. The van der Waals surface area contributed by atoms with Gasteiger partial charge in [-0.05, 0) is 35.7 Å². The van der Waals surface area contributed by atoms with Crippen LogP contribution in [0.15, 0.2) is 48.5 Å². The highest BCUT2D eigenvalue weighted by molar-refractivity contribution is 5.90. The number of rotatable bonds is 8. The molecule has 0 aliphatic rings. The fraction of sp³-hybridized carbons (Fsp3) is 0.286. The van der Waals surface area contributed by atoms with E-state index in [1.807, 2.05) is 48.5 Å². The summed E-state index contributed by atoms with van der Waals surface area (Å²) in [7, 11) is 6.37. The van der Waals surface area contributed by atoms with Crippen LogP contribution in [0.2, 0.25) is 0 Å². The molecule has 6 heteroatoms. The summed E-state index contributed by atoms with van der Waals surface area (Å²) in [6.07, 6.45) is -0.463. The third-order valence-corrected chi connectivity index (χ3v) is 4.27. The highest BCUT2D eigenvalue weighted by atomic mass is 16.7. The SMILES string of the molecule is COc1ccc(-c2cc3ccccc3c(OCC(OC)OC)n2)cc1OC. The van der Waals surface area contributed by atoms with Gasteiger partial charge in [-0.25, -0.2) is 4.98 Å². The van der Waals surface area contributed by atoms with Crippen LogP contribution in [0.25, 0.3) is 22.0 Å². The summed E-state index contributed by atoms with van der Waals surface area (Å²) in [5.41, 5.74) is 1.68. The molecule has 0 saturated heterocycles. The Morgan fingerprint density at radius 1 is 0.852 bits per heavy atom. The molecule has 0 amide bonds. The van der Waals surface area contributed by atoms with Crippen LogP contribution in [-0.4, -0.2) is 46.3 Å². The van der Waals surface area contributed by atoms with E-state index in [4.69, 9.17) is 28.7 Å². The van der Waals surface area contributed by atoms with E-state index in [0.29, 0.717) is 17.4 Å². The molecule has 1 aromatic heterocycles. The largest absolute Gasteiger partial charge is 0.493 e. The van der Waals surface area contributed by atoms with Crippen LogP contribution in [0.4, 0.5) is 0 Å². The fourth-order valence-corrected chi connectivity index (χ4v) is 2.80. The van der Waals surface area contributed by atoms with Crippen molar-refractivity contribution in [1.82, 2.24) is 4.98 Å². The highest BCUT2D eigenvalue weighted by Gasteiger charge is 2.13. The quantitative estimate of drug-likeness (QED) is 0.561. The minimum absolute atomic E-state index is 0.235. The molecule has 0 spiro atoms. The molecule has 0 atom stereocenters. The minimum atomic E-state index is -0.463. The first kappa shape index (κ1) is 18.9. The lowest BCUT2D eigenvalue weighted by molar-refractivity contribution is -0.122. The predicted molar refractivity (Wildman–Crippen MR) is 104 cm³/mol. The van der Waals surface area contributed by atoms with E-state index >= 15 is 0 Å². The average Bonchev–Trinajstić information content (AvgIpc) is 2.73. The Kier molecular flexibility index (Phi) is 6.11. The molecule has 0 N–H and O–H groups in total. The molecule has 27 heavy (non-hydrogen) atoms. The Labute approximate surface area is 158 Å². The van der Waals surface area contributed by atoms with Crippen molar-refractivity contribution in [2.75, 3.05) is 35.0 Å². The molecule has 0 unspecified atom stereocenters. The van der Waals surface area contributed by atoms with Crippen molar-refractivity contribution in [3.63, 3.8) is 0 Å². The zero-order valence-electron chi connectivity index (χ0n) is 15.9. The number of hydrogen-bond acceptors (Lipinski definition) is 6. The Hall–Kier alpha value is -2.83. The smallest absolute Gasteiger partial charge is 0.222 e. The second kappa shape index (κ2) is 8.70. The van der Waals surface area contributed by atoms with Gasteiger partial charge in [0.1, 0.15) is 6.61 Å². The van der Waals surface area contributed by atoms with Gasteiger partial charge in [0.15, 0.2) is 17.8 Å². The third-order valence-electron chi connectivity index (χ3n) is 4.27. The van der Waals surface area contributed by atoms with Crippen LogP contribution < -0.4 is 14.2 Å². The standard InChI is InChI=1S/C21H23NO5/c1-23-18-10-9-15(12-19(18)24-2)17-11-14-7-5-6-8-16(14)21(22-17)27-13-20(25-3)26-4/h5-12,20H,13H2,1-4H3. The molecule has 0 fully saturated rings. The van der Waals surface area contributed by atoms with Gasteiger partial charge >= 0.3 is 0 Å². The highest BCUT2D eigenvalue weighted by Crippen LogP contribution is 2.34. The number of ether oxygens (including phenoxy) is 5. The summed E-state index contributed by atoms with van der Waals surface area (Å²) in [4.78, 5) is 4.71. The number of methoxy groups -OCH3 is 4. The van der Waals surface area contributed by atoms with Crippen LogP contribution >= 0.6 is 0 Å². The number of pyridine rings is 1. The molecule has 0 aliphatic heterocycles. The summed E-state index contributed by atoms with van der Waals surface area (Å²) in [6, 6.07) is 15.7. The Balaban J connectivity index is 2.04. The second-order valence-corrected chi connectivity index (χ2v) is 5.82. The number of aromatic nitrogens is 1. The van der Waals surface area contributed by atoms with E-state index in [9.17, 15) is 0 Å². The molecule has 0 aliphatic carbocycles. The lowest BCUT2D eigenvalue weighted by Crippen LogP contribution is -2.22. The van der Waals surface area contributed by atoms with Crippen LogP contribution in [-0.2, 0) is 9.47 Å². The van der Waals surface area contributed by atoms with Crippen molar-refractivity contribution >= 4 is 10.8 Å². The van der Waals surface area contributed by atoms with Gasteiger partial charge in [0.05, 0.1) is 19.9 Å². The van der Waals surface area contributed by atoms with Crippen LogP contribution in [0, 0.1) is 0 Å². The normalized spacial score (nSPS) is 11.0. The Morgan fingerprint density at radius 2 is 1.59 bits per heavy atom. The first-order chi connectivity index (χ1) is 13.2. The Morgan fingerprint density at radius 3 is 2.30 bits per heavy atom. The zero-order valence-corrected chi connectivity index (χ0v) is 15.9. The zero-order chi connectivity index (χ0) is 19.2. The van der Waals surface area contributed by atoms with Crippen LogP contribution in [0.1, 0.15) is 0 Å². The maximum Gasteiger partial charge on any atom is 0.222 e. The molecule has 6 nitrogen and oxygen atoms in total. The molecular weight excluding hydrogens is 346 g/mol. The molecule has 0 bridgehead atoms. The van der Waals surface area contributed by atoms with Crippen molar-refractivity contribution in [3.05, 3.63) is 48.5 Å². The van der Waals surface area contributed by atoms with E-state index in [0.717, 1.165) is 22.0 Å². The van der Waals surface area contributed by atoms with Gasteiger partial charge in [-0.3, -0.25) is 0 Å². The summed E-state index contributed by atoms with van der Waals surface area (Å²) >= 11 is 0. The van der Waals surface area contributed by atoms with E-state index < -0.39 is 6.29 Å². The predicted octanol–water partition coefficient (Wildman–Crippen LogP) is 3.92. The van der Waals surface area contributed by atoms with Gasteiger partial charge in [0.2, 0.25) is 5.88 Å². The maximum absolute atomic E-state index is 5.91. The molecule has 142 valence electrons. The second-order valence-electron chi connectivity index (χ2n) is 5.82. The lowest BCUT2D eigenvalue weighted by atomic mass is 10.1. The van der Waals surface area contributed by atoms with Gasteiger partial charge in [0.25, 0.3) is 0 Å². The lowest BCUT2D eigenvalue weighted by Gasteiger charge is -2.16. The van der Waals surface area contributed by atoms with Crippen molar-refractivity contribution in [2.45, 2.75) is 6.29 Å². The van der Waals surface area contributed by atoms with Gasteiger partial charge in [-0.15, -0.1) is 0 Å². The van der Waals surface area contributed by atoms with Crippen molar-refractivity contribution in [2.24, 2.45) is 0 Å². The van der Waals surface area contributed by atoms with Crippen molar-refractivity contribution < 1.29 is 23.7 Å². The monoisotopic (exact) mass is 369 g/mol. The first-order valence-electron chi connectivity index (χ1n) is 8.50. The van der Waals surface area contributed by atoms with Gasteiger partial charge in [-0.2, -0.15) is 0 Å². The molecular formula is C21H23NO5. The molecule has 3 aromatic rings. The number of nitrogens with zero attached hydrogens (tertiary/aromatic N) is 1. The summed E-state index contributed by atoms with van der Waals surface area (Å²) in [5.74, 6) is 1.84. The summed E-state index contributed by atoms with van der Waals surface area (Å²) in [5, 5.41) is 1.95. The van der Waals surface area contributed by atoms with Crippen molar-refractivity contribution in [3.8, 4) is 28.6 Å². The average molecular weight is 369 g/mol. The Bertz CT molecular complexity index is 908. The molecule has 0 saturated carbocycles. The minimum Gasteiger partial charge on any atom is -0.493 e. The molecule has 1 heterocycles. The van der Waals surface area contributed by atoms with E-state index in [-0.39, 0.29) is 6.61 Å². The number of fused-ring (bicyclic) bond motifs is 1. The molecule has 3 rings (SSSR count). The third kappa shape index (κ3) is 4.13. The van der Waals surface area contributed by atoms with Crippen LogP contribution in [0.3, 0.4) is 0 Å². The first-order valence-corrected chi connectivity index (χ1v) is 8.50. The molecule has 0 radical (unpaired) electrons. The van der Waals surface area contributed by atoms with E-state index in [2.05, 4.69) is 0 Å². The fourth-order valence-electron chi connectivity index (χ4n) is 2.80. The van der Waals surface area contributed by atoms with Crippen LogP contribution in [0.5, 0.6) is 17.4 Å². The van der Waals surface area contributed by atoms with Gasteiger partial charge in [0, 0.05) is 25.2 Å². The summed E-state index contributed by atoms with van der Waals surface area (Å²) in [6.45, 7) is 0.235. The topological polar surface area (TPSA) is 59.0 Å². The maximum atomic E-state index is 5.91. The van der Waals surface area contributed by atoms with E-state index in [1.165, 1.54) is 0 Å². The van der Waals surface area contributed by atoms with E-state index in [1.54, 1.807) is 28.4 Å². The van der Waals surface area contributed by atoms with Gasteiger partial charge in [-0.1, -0.05) is 18.2 Å². The van der Waals surface area contributed by atoms with Crippen molar-refractivity contribution in [1.29, 1.82) is 0 Å². The molecule has 2 aromatic carbocycles.